The van der Waals surface area contributed by atoms with E-state index in [9.17, 15) is 0 Å². The SMILES string of the molecule is CCCCN(C)c1cnnc(Nc2cc(C)ccc2C)n1. The molecule has 0 radical (unpaired) electrons. The maximum atomic E-state index is 4.53. The van der Waals surface area contributed by atoms with Crippen LogP contribution in [0.25, 0.3) is 0 Å². The van der Waals surface area contributed by atoms with Gasteiger partial charge in [0, 0.05) is 19.3 Å². The van der Waals surface area contributed by atoms with Crippen molar-refractivity contribution >= 4 is 17.5 Å². The first-order chi connectivity index (χ1) is 10.1. The molecule has 2 rings (SSSR count). The average Bonchev–Trinajstić information content (AvgIpc) is 2.49. The van der Waals surface area contributed by atoms with Crippen LogP contribution in [0.1, 0.15) is 30.9 Å². The molecule has 1 heterocycles. The Bertz CT molecular complexity index is 597. The second-order valence-corrected chi connectivity index (χ2v) is 5.36. The first kappa shape index (κ1) is 15.2. The van der Waals surface area contributed by atoms with E-state index in [-0.39, 0.29) is 0 Å². The van der Waals surface area contributed by atoms with Crippen LogP contribution in [0, 0.1) is 13.8 Å². The summed E-state index contributed by atoms with van der Waals surface area (Å²) >= 11 is 0. The molecule has 112 valence electrons. The minimum atomic E-state index is 0.532. The van der Waals surface area contributed by atoms with Crippen molar-refractivity contribution in [2.75, 3.05) is 23.8 Å². The smallest absolute Gasteiger partial charge is 0.249 e. The lowest BCUT2D eigenvalue weighted by Gasteiger charge is -2.17. The van der Waals surface area contributed by atoms with Crippen LogP contribution in [0.5, 0.6) is 0 Å². The van der Waals surface area contributed by atoms with Crippen molar-refractivity contribution in [2.45, 2.75) is 33.6 Å². The molecular weight excluding hydrogens is 262 g/mol. The Hall–Kier alpha value is -2.17. The standard InChI is InChI=1S/C16H23N5/c1-5-6-9-21(4)15-11-17-20-16(19-15)18-14-10-12(2)7-8-13(14)3/h7-8,10-11H,5-6,9H2,1-4H3,(H,18,19,20). The van der Waals surface area contributed by atoms with Crippen LogP contribution in [-0.4, -0.2) is 28.8 Å². The molecule has 0 unspecified atom stereocenters. The van der Waals surface area contributed by atoms with Gasteiger partial charge in [-0.25, -0.2) is 0 Å². The lowest BCUT2D eigenvalue weighted by molar-refractivity contribution is 0.754. The van der Waals surface area contributed by atoms with E-state index in [0.717, 1.165) is 36.5 Å². The van der Waals surface area contributed by atoms with Crippen LogP contribution in [-0.2, 0) is 0 Å². The minimum Gasteiger partial charge on any atom is -0.358 e. The molecule has 0 spiro atoms. The van der Waals surface area contributed by atoms with Crippen LogP contribution in [0.3, 0.4) is 0 Å². The Morgan fingerprint density at radius 1 is 1.24 bits per heavy atom. The van der Waals surface area contributed by atoms with Crippen LogP contribution in [0.4, 0.5) is 17.5 Å². The second kappa shape index (κ2) is 7.02. The monoisotopic (exact) mass is 285 g/mol. The van der Waals surface area contributed by atoms with Crippen LogP contribution in [0.15, 0.2) is 24.4 Å². The first-order valence-corrected chi connectivity index (χ1v) is 7.35. The summed E-state index contributed by atoms with van der Waals surface area (Å²) in [6.07, 6.45) is 4.00. The van der Waals surface area contributed by atoms with Crippen molar-refractivity contribution < 1.29 is 0 Å². The van der Waals surface area contributed by atoms with Gasteiger partial charge in [-0.1, -0.05) is 25.5 Å². The Morgan fingerprint density at radius 3 is 2.81 bits per heavy atom. The molecule has 1 aromatic carbocycles. The zero-order chi connectivity index (χ0) is 15.2. The van der Waals surface area contributed by atoms with Crippen molar-refractivity contribution in [3.05, 3.63) is 35.5 Å². The highest BCUT2D eigenvalue weighted by Gasteiger charge is 2.07. The Balaban J connectivity index is 2.15. The fourth-order valence-electron chi connectivity index (χ4n) is 2.03. The van der Waals surface area contributed by atoms with E-state index in [2.05, 4.69) is 64.4 Å². The Kier molecular flexibility index (Phi) is 5.09. The van der Waals surface area contributed by atoms with Gasteiger partial charge < -0.3 is 10.2 Å². The molecular formula is C16H23N5. The molecule has 1 aromatic heterocycles. The quantitative estimate of drug-likeness (QED) is 0.880. The number of nitrogens with one attached hydrogen (secondary N) is 1. The zero-order valence-electron chi connectivity index (χ0n) is 13.2. The minimum absolute atomic E-state index is 0.532. The molecule has 0 saturated heterocycles. The molecule has 5 heteroatoms. The number of nitrogens with zero attached hydrogens (tertiary/aromatic N) is 4. The van der Waals surface area contributed by atoms with E-state index in [1.807, 2.05) is 7.05 Å². The van der Waals surface area contributed by atoms with Gasteiger partial charge in [0.15, 0.2) is 5.82 Å². The Morgan fingerprint density at radius 2 is 2.05 bits per heavy atom. The van der Waals surface area contributed by atoms with Crippen LogP contribution in [0.2, 0.25) is 0 Å². The number of anilines is 3. The van der Waals surface area contributed by atoms with Gasteiger partial charge in [-0.2, -0.15) is 10.1 Å². The van der Waals surface area contributed by atoms with Crippen molar-refractivity contribution in [3.8, 4) is 0 Å². The van der Waals surface area contributed by atoms with Gasteiger partial charge in [0.2, 0.25) is 5.95 Å². The molecule has 2 aromatic rings. The lowest BCUT2D eigenvalue weighted by Crippen LogP contribution is -2.20. The first-order valence-electron chi connectivity index (χ1n) is 7.35. The summed E-state index contributed by atoms with van der Waals surface area (Å²) in [7, 11) is 2.03. The molecule has 0 aliphatic carbocycles. The maximum Gasteiger partial charge on any atom is 0.249 e. The predicted octanol–water partition coefficient (Wildman–Crippen LogP) is 3.47. The van der Waals surface area contributed by atoms with Gasteiger partial charge in [-0.05, 0) is 37.5 Å². The van der Waals surface area contributed by atoms with Crippen molar-refractivity contribution in [3.63, 3.8) is 0 Å². The van der Waals surface area contributed by atoms with Crippen molar-refractivity contribution in [1.29, 1.82) is 0 Å². The molecule has 0 bridgehead atoms. The van der Waals surface area contributed by atoms with Crippen molar-refractivity contribution in [2.24, 2.45) is 0 Å². The molecule has 1 N–H and O–H groups in total. The summed E-state index contributed by atoms with van der Waals surface area (Å²) in [6, 6.07) is 6.27. The van der Waals surface area contributed by atoms with Gasteiger partial charge in [-0.3, -0.25) is 0 Å². The summed E-state index contributed by atoms with van der Waals surface area (Å²) in [5.74, 6) is 1.37. The summed E-state index contributed by atoms with van der Waals surface area (Å²) in [5, 5.41) is 11.4. The molecule has 0 aliphatic heterocycles. The van der Waals surface area contributed by atoms with Crippen molar-refractivity contribution in [1.82, 2.24) is 15.2 Å². The summed E-state index contributed by atoms with van der Waals surface area (Å²) in [4.78, 5) is 6.64. The number of hydrogen-bond donors (Lipinski definition) is 1. The number of hydrogen-bond acceptors (Lipinski definition) is 5. The fraction of sp³-hybridized carbons (Fsp3) is 0.438. The topological polar surface area (TPSA) is 53.9 Å². The van der Waals surface area contributed by atoms with Crippen LogP contribution < -0.4 is 10.2 Å². The number of aromatic nitrogens is 3. The summed E-state index contributed by atoms with van der Waals surface area (Å²) < 4.78 is 0. The highest BCUT2D eigenvalue weighted by molar-refractivity contribution is 5.59. The highest BCUT2D eigenvalue weighted by Crippen LogP contribution is 2.20. The third-order valence-corrected chi connectivity index (χ3v) is 3.42. The van der Waals surface area contributed by atoms with E-state index >= 15 is 0 Å². The van der Waals surface area contributed by atoms with Gasteiger partial charge in [0.25, 0.3) is 0 Å². The van der Waals surface area contributed by atoms with Gasteiger partial charge in [0.05, 0.1) is 6.20 Å². The Labute approximate surface area is 126 Å². The number of unbranched alkanes of at least 4 members (excludes halogenated alkanes) is 1. The lowest BCUT2D eigenvalue weighted by atomic mass is 10.1. The zero-order valence-corrected chi connectivity index (χ0v) is 13.2. The van der Waals surface area contributed by atoms with E-state index in [1.54, 1.807) is 6.20 Å². The van der Waals surface area contributed by atoms with E-state index in [0.29, 0.717) is 5.95 Å². The fourth-order valence-corrected chi connectivity index (χ4v) is 2.03. The summed E-state index contributed by atoms with van der Waals surface area (Å²) in [5.41, 5.74) is 3.38. The third kappa shape index (κ3) is 4.15. The third-order valence-electron chi connectivity index (χ3n) is 3.42. The van der Waals surface area contributed by atoms with E-state index in [4.69, 9.17) is 0 Å². The average molecular weight is 285 g/mol. The molecule has 0 amide bonds. The van der Waals surface area contributed by atoms with E-state index < -0.39 is 0 Å². The molecule has 0 saturated carbocycles. The van der Waals surface area contributed by atoms with Gasteiger partial charge in [-0.15, -0.1) is 5.10 Å². The molecule has 5 nitrogen and oxygen atoms in total. The number of aryl methyl sites for hydroxylation is 2. The predicted molar refractivity (Wildman–Crippen MR) is 87.2 cm³/mol. The molecule has 0 atom stereocenters. The number of rotatable bonds is 6. The van der Waals surface area contributed by atoms with E-state index in [1.165, 1.54) is 5.56 Å². The number of benzene rings is 1. The van der Waals surface area contributed by atoms with Gasteiger partial charge in [0.1, 0.15) is 0 Å². The normalized spacial score (nSPS) is 10.5. The maximum absolute atomic E-state index is 4.53. The summed E-state index contributed by atoms with van der Waals surface area (Å²) in [6.45, 7) is 7.28. The largest absolute Gasteiger partial charge is 0.358 e. The van der Waals surface area contributed by atoms with Crippen LogP contribution >= 0.6 is 0 Å². The molecule has 0 aliphatic rings. The van der Waals surface area contributed by atoms with Gasteiger partial charge >= 0.3 is 0 Å². The highest BCUT2D eigenvalue weighted by atomic mass is 15.3. The molecule has 21 heavy (non-hydrogen) atoms. The second-order valence-electron chi connectivity index (χ2n) is 5.36. The molecule has 0 fully saturated rings.